The van der Waals surface area contributed by atoms with E-state index in [1.165, 1.54) is 12.3 Å². The van der Waals surface area contributed by atoms with Gasteiger partial charge in [0.25, 0.3) is 0 Å². The van der Waals surface area contributed by atoms with Crippen LogP contribution in [0, 0.1) is 5.41 Å². The van der Waals surface area contributed by atoms with E-state index in [-0.39, 0.29) is 42.4 Å². The van der Waals surface area contributed by atoms with Gasteiger partial charge in [0.15, 0.2) is 0 Å². The summed E-state index contributed by atoms with van der Waals surface area (Å²) in [5.41, 5.74) is 0.614. The third-order valence-corrected chi connectivity index (χ3v) is 5.96. The molecule has 4 rings (SSSR count). The first-order valence-corrected chi connectivity index (χ1v) is 11.3. The standard InChI is InChI=1S/C24H27N5O6/c1-24(2)12-20(30)29(21(31)13-24)17-4-6-19(26-15-17)35-23(34)28-9-7-27(8-10-28)18-5-3-16(14-25-18)11-22(32)33/h3-6,14-15H,7-13H2,1-2H3,(H,32,33). The summed E-state index contributed by atoms with van der Waals surface area (Å²) in [5, 5.41) is 8.86. The molecule has 0 bridgehead atoms. The molecule has 0 radical (unpaired) electrons. The molecule has 11 nitrogen and oxygen atoms in total. The zero-order valence-electron chi connectivity index (χ0n) is 19.6. The maximum Gasteiger partial charge on any atom is 0.416 e. The maximum absolute atomic E-state index is 12.6. The number of hydrogen-bond acceptors (Lipinski definition) is 8. The van der Waals surface area contributed by atoms with Gasteiger partial charge in [-0.2, -0.15) is 0 Å². The number of hydrogen-bond donors (Lipinski definition) is 1. The van der Waals surface area contributed by atoms with E-state index in [2.05, 4.69) is 9.97 Å². The van der Waals surface area contributed by atoms with Gasteiger partial charge in [-0.15, -0.1) is 0 Å². The molecule has 35 heavy (non-hydrogen) atoms. The topological polar surface area (TPSA) is 133 Å². The molecule has 2 aromatic heterocycles. The zero-order valence-corrected chi connectivity index (χ0v) is 19.6. The molecular weight excluding hydrogens is 454 g/mol. The molecule has 0 aliphatic carbocycles. The third kappa shape index (κ3) is 5.73. The Hall–Kier alpha value is -4.02. The number of carboxylic acids is 1. The fourth-order valence-electron chi connectivity index (χ4n) is 4.19. The zero-order chi connectivity index (χ0) is 25.2. The molecule has 2 aromatic rings. The van der Waals surface area contributed by atoms with Gasteiger partial charge in [-0.05, 0) is 23.1 Å². The first kappa shape index (κ1) is 24.1. The lowest BCUT2D eigenvalue weighted by atomic mass is 9.81. The molecule has 0 unspecified atom stereocenters. The van der Waals surface area contributed by atoms with Crippen LogP contribution in [0.15, 0.2) is 36.7 Å². The van der Waals surface area contributed by atoms with Crippen LogP contribution < -0.4 is 14.5 Å². The van der Waals surface area contributed by atoms with Crippen LogP contribution in [-0.2, 0) is 20.8 Å². The van der Waals surface area contributed by atoms with Crippen molar-refractivity contribution in [2.75, 3.05) is 36.0 Å². The minimum Gasteiger partial charge on any atom is -0.481 e. The number of imide groups is 1. The molecular formula is C24H27N5O6. The van der Waals surface area contributed by atoms with Crippen molar-refractivity contribution >= 4 is 35.4 Å². The van der Waals surface area contributed by atoms with Gasteiger partial charge in [-0.25, -0.2) is 19.7 Å². The maximum atomic E-state index is 12.6. The average molecular weight is 482 g/mol. The van der Waals surface area contributed by atoms with Crippen molar-refractivity contribution in [3.8, 4) is 5.88 Å². The molecule has 0 atom stereocenters. The largest absolute Gasteiger partial charge is 0.481 e. The summed E-state index contributed by atoms with van der Waals surface area (Å²) >= 11 is 0. The number of carboxylic acid groups (broad SMARTS) is 1. The van der Waals surface area contributed by atoms with E-state index >= 15 is 0 Å². The molecule has 2 saturated heterocycles. The number of ether oxygens (including phenoxy) is 1. The second-order valence-electron chi connectivity index (χ2n) is 9.43. The van der Waals surface area contributed by atoms with Gasteiger partial charge in [-0.3, -0.25) is 14.4 Å². The minimum absolute atomic E-state index is 0.0779. The lowest BCUT2D eigenvalue weighted by molar-refractivity contribution is -0.136. The van der Waals surface area contributed by atoms with Gasteiger partial charge in [0.05, 0.1) is 18.3 Å². The number of pyridine rings is 2. The van der Waals surface area contributed by atoms with E-state index < -0.39 is 12.1 Å². The molecule has 0 aromatic carbocycles. The van der Waals surface area contributed by atoms with Crippen LogP contribution in [0.2, 0.25) is 0 Å². The number of piperazine rings is 1. The smallest absolute Gasteiger partial charge is 0.416 e. The molecule has 2 aliphatic heterocycles. The van der Waals surface area contributed by atoms with E-state index in [4.69, 9.17) is 9.84 Å². The molecule has 2 aliphatic rings. The number of aliphatic carboxylic acids is 1. The Labute approximate surface area is 202 Å². The highest BCUT2D eigenvalue weighted by molar-refractivity contribution is 6.16. The van der Waals surface area contributed by atoms with E-state index in [9.17, 15) is 19.2 Å². The highest BCUT2D eigenvalue weighted by atomic mass is 16.6. The molecule has 0 spiro atoms. The van der Waals surface area contributed by atoms with Crippen LogP contribution >= 0.6 is 0 Å². The molecule has 11 heteroatoms. The minimum atomic E-state index is -0.909. The van der Waals surface area contributed by atoms with E-state index in [0.29, 0.717) is 37.4 Å². The fourth-order valence-corrected chi connectivity index (χ4v) is 4.19. The second kappa shape index (κ2) is 9.69. The van der Waals surface area contributed by atoms with Gasteiger partial charge in [-0.1, -0.05) is 19.9 Å². The number of aromatic nitrogens is 2. The number of carbonyl (C=O) groups is 4. The highest BCUT2D eigenvalue weighted by Crippen LogP contribution is 2.34. The predicted octanol–water partition coefficient (Wildman–Crippen LogP) is 2.10. The van der Waals surface area contributed by atoms with Crippen molar-refractivity contribution in [3.63, 3.8) is 0 Å². The Bertz CT molecular complexity index is 1100. The van der Waals surface area contributed by atoms with Crippen LogP contribution in [0.3, 0.4) is 0 Å². The first-order valence-electron chi connectivity index (χ1n) is 11.3. The monoisotopic (exact) mass is 481 g/mol. The van der Waals surface area contributed by atoms with E-state index in [1.807, 2.05) is 18.7 Å². The van der Waals surface area contributed by atoms with Crippen LogP contribution in [0.4, 0.5) is 16.3 Å². The van der Waals surface area contributed by atoms with Crippen molar-refractivity contribution in [3.05, 3.63) is 42.2 Å². The predicted molar refractivity (Wildman–Crippen MR) is 125 cm³/mol. The average Bonchev–Trinajstić information content (AvgIpc) is 2.79. The van der Waals surface area contributed by atoms with Gasteiger partial charge in [0.2, 0.25) is 17.7 Å². The molecule has 1 N–H and O–H groups in total. The normalized spacial score (nSPS) is 17.9. The lowest BCUT2D eigenvalue weighted by Crippen LogP contribution is -2.50. The van der Waals surface area contributed by atoms with E-state index in [0.717, 1.165) is 10.7 Å². The summed E-state index contributed by atoms with van der Waals surface area (Å²) in [7, 11) is 0. The molecule has 0 saturated carbocycles. The van der Waals surface area contributed by atoms with Gasteiger partial charge in [0, 0.05) is 51.3 Å². The summed E-state index contributed by atoms with van der Waals surface area (Å²) in [6, 6.07) is 6.52. The summed E-state index contributed by atoms with van der Waals surface area (Å²) < 4.78 is 5.37. The molecule has 3 amide bonds. The fraction of sp³-hybridized carbons (Fsp3) is 0.417. The second-order valence-corrected chi connectivity index (χ2v) is 9.43. The summed E-state index contributed by atoms with van der Waals surface area (Å²) in [4.78, 5) is 61.4. The van der Waals surface area contributed by atoms with E-state index in [1.54, 1.807) is 29.3 Å². The Morgan fingerprint density at radius 3 is 2.20 bits per heavy atom. The van der Waals surface area contributed by atoms with Crippen molar-refractivity contribution < 1.29 is 29.0 Å². The molecule has 4 heterocycles. The van der Waals surface area contributed by atoms with Crippen LogP contribution in [0.5, 0.6) is 5.88 Å². The molecule has 184 valence electrons. The summed E-state index contributed by atoms with van der Waals surface area (Å²) in [5.74, 6) is -0.666. The number of carbonyl (C=O) groups excluding carboxylic acids is 3. The first-order chi connectivity index (χ1) is 16.6. The SMILES string of the molecule is CC1(C)CC(=O)N(c2ccc(OC(=O)N3CCN(c4ccc(CC(=O)O)cn4)CC3)nc2)C(=O)C1. The summed E-state index contributed by atoms with van der Waals surface area (Å²) in [6.07, 6.45) is 2.82. The number of amides is 3. The Balaban J connectivity index is 1.30. The van der Waals surface area contributed by atoms with Crippen LogP contribution in [0.25, 0.3) is 0 Å². The quantitative estimate of drug-likeness (QED) is 0.637. The Morgan fingerprint density at radius 1 is 0.971 bits per heavy atom. The Morgan fingerprint density at radius 2 is 1.66 bits per heavy atom. The van der Waals surface area contributed by atoms with Crippen molar-refractivity contribution in [2.24, 2.45) is 5.41 Å². The van der Waals surface area contributed by atoms with Crippen LogP contribution in [-0.4, -0.2) is 70.0 Å². The van der Waals surface area contributed by atoms with Crippen LogP contribution in [0.1, 0.15) is 32.3 Å². The van der Waals surface area contributed by atoms with Crippen molar-refractivity contribution in [1.29, 1.82) is 0 Å². The van der Waals surface area contributed by atoms with Gasteiger partial charge in [0.1, 0.15) is 5.82 Å². The highest BCUT2D eigenvalue weighted by Gasteiger charge is 2.38. The van der Waals surface area contributed by atoms with Gasteiger partial charge >= 0.3 is 12.1 Å². The molecule has 2 fully saturated rings. The number of nitrogens with zero attached hydrogens (tertiary/aromatic N) is 5. The number of anilines is 2. The number of rotatable bonds is 5. The van der Waals surface area contributed by atoms with Gasteiger partial charge < -0.3 is 19.6 Å². The Kier molecular flexibility index (Phi) is 6.68. The van der Waals surface area contributed by atoms with Crippen molar-refractivity contribution in [2.45, 2.75) is 33.1 Å². The van der Waals surface area contributed by atoms with Crippen molar-refractivity contribution in [1.82, 2.24) is 14.9 Å². The lowest BCUT2D eigenvalue weighted by Gasteiger charge is -2.35. The number of piperidine rings is 1. The summed E-state index contributed by atoms with van der Waals surface area (Å²) in [6.45, 7) is 5.69. The third-order valence-electron chi connectivity index (χ3n) is 5.96.